The molecule has 2 saturated heterocycles. The summed E-state index contributed by atoms with van der Waals surface area (Å²) in [7, 11) is 2.11. The van der Waals surface area contributed by atoms with Crippen LogP contribution in [0.3, 0.4) is 0 Å². The zero-order chi connectivity index (χ0) is 19.1. The van der Waals surface area contributed by atoms with Crippen molar-refractivity contribution >= 4 is 5.82 Å². The molecule has 4 heterocycles. The number of piperidine rings is 1. The Morgan fingerprint density at radius 3 is 2.61 bits per heavy atom. The Balaban J connectivity index is 1.35. The number of nitrogens with one attached hydrogen (secondary N) is 1. The highest BCUT2D eigenvalue weighted by Crippen LogP contribution is 2.32. The molecule has 1 aromatic carbocycles. The number of phenolic OH excluding ortho intramolecular Hbond substituents is 1. The van der Waals surface area contributed by atoms with E-state index in [4.69, 9.17) is 0 Å². The maximum Gasteiger partial charge on any atom is 0.147 e. The summed E-state index contributed by atoms with van der Waals surface area (Å²) in [5.74, 6) is 1.06. The minimum absolute atomic E-state index is 0.177. The van der Waals surface area contributed by atoms with Gasteiger partial charge in [0, 0.05) is 49.2 Å². The summed E-state index contributed by atoms with van der Waals surface area (Å²) in [6.07, 6.45) is 13.7. The number of nitrogens with zero attached hydrogens (tertiary/aromatic N) is 5. The first-order chi connectivity index (χ1) is 13.7. The van der Waals surface area contributed by atoms with Crippen molar-refractivity contribution in [3.05, 3.63) is 49.3 Å². The minimum atomic E-state index is 0.177. The molecule has 2 fully saturated rings. The van der Waals surface area contributed by atoms with Crippen LogP contribution in [-0.4, -0.2) is 49.8 Å². The van der Waals surface area contributed by atoms with Gasteiger partial charge in [0.05, 0.1) is 30.1 Å². The third kappa shape index (κ3) is 3.11. The molecule has 0 radical (unpaired) electrons. The molecule has 7 heteroatoms. The summed E-state index contributed by atoms with van der Waals surface area (Å²) < 4.78 is 1.85. The standard InChI is InChI=1S/C21H24N6O/c1-26(17-8-14-2-3-15(9-17)25-14)21-12-23-19(11-24-21)18-5-4-16(10-20(18)28)27-7-6-22-13-27/h4-7,10-15,17,25,28H,2-3,8-9H2,1H3/t14-,15+,17-. The molecule has 7 nitrogen and oxygen atoms in total. The minimum Gasteiger partial charge on any atom is -0.507 e. The maximum absolute atomic E-state index is 10.5. The van der Waals surface area contributed by atoms with Gasteiger partial charge in [-0.3, -0.25) is 4.98 Å². The number of benzene rings is 1. The average molecular weight is 376 g/mol. The molecule has 2 bridgehead atoms. The SMILES string of the molecule is CN(c1cnc(-c2ccc(-n3ccnc3)cc2O)cn1)[C@@H]1C[C@H]2CC[C@@H](C1)N2. The number of rotatable bonds is 4. The Bertz CT molecular complexity index is 944. The lowest BCUT2D eigenvalue weighted by molar-refractivity contribution is 0.353. The van der Waals surface area contributed by atoms with Crippen LogP contribution in [-0.2, 0) is 0 Å². The van der Waals surface area contributed by atoms with Gasteiger partial charge in [0.15, 0.2) is 0 Å². The molecule has 0 spiro atoms. The molecule has 2 aliphatic rings. The zero-order valence-electron chi connectivity index (χ0n) is 15.9. The van der Waals surface area contributed by atoms with Crippen molar-refractivity contribution in [1.82, 2.24) is 24.8 Å². The predicted molar refractivity (Wildman–Crippen MR) is 108 cm³/mol. The zero-order valence-corrected chi connectivity index (χ0v) is 15.9. The van der Waals surface area contributed by atoms with Crippen LogP contribution in [0, 0.1) is 0 Å². The van der Waals surface area contributed by atoms with Crippen LogP contribution in [0.25, 0.3) is 16.9 Å². The van der Waals surface area contributed by atoms with Crippen molar-refractivity contribution in [2.24, 2.45) is 0 Å². The third-order valence-electron chi connectivity index (χ3n) is 6.06. The van der Waals surface area contributed by atoms with Crippen LogP contribution in [0.5, 0.6) is 5.75 Å². The molecule has 0 amide bonds. The molecule has 3 atom stereocenters. The van der Waals surface area contributed by atoms with Gasteiger partial charge in [-0.25, -0.2) is 9.97 Å². The van der Waals surface area contributed by atoms with Crippen molar-refractivity contribution in [3.8, 4) is 22.7 Å². The first-order valence-corrected chi connectivity index (χ1v) is 9.80. The topological polar surface area (TPSA) is 79.1 Å². The Morgan fingerprint density at radius 1 is 1.14 bits per heavy atom. The quantitative estimate of drug-likeness (QED) is 0.729. The van der Waals surface area contributed by atoms with Crippen LogP contribution in [0.2, 0.25) is 0 Å². The summed E-state index contributed by atoms with van der Waals surface area (Å²) in [6, 6.07) is 7.30. The Labute approximate surface area is 164 Å². The van der Waals surface area contributed by atoms with E-state index in [-0.39, 0.29) is 5.75 Å². The second kappa shape index (κ2) is 6.91. The highest BCUT2D eigenvalue weighted by Gasteiger charge is 2.35. The molecule has 2 aliphatic heterocycles. The summed E-state index contributed by atoms with van der Waals surface area (Å²) >= 11 is 0. The molecular formula is C21H24N6O. The van der Waals surface area contributed by atoms with E-state index in [1.165, 1.54) is 12.8 Å². The van der Waals surface area contributed by atoms with Crippen LogP contribution in [0.1, 0.15) is 25.7 Å². The van der Waals surface area contributed by atoms with E-state index < -0.39 is 0 Å². The Hall–Kier alpha value is -2.93. The number of fused-ring (bicyclic) bond motifs is 2. The van der Waals surface area contributed by atoms with E-state index in [9.17, 15) is 5.11 Å². The lowest BCUT2D eigenvalue weighted by atomic mass is 9.98. The maximum atomic E-state index is 10.5. The number of aromatic nitrogens is 4. The molecular weight excluding hydrogens is 352 g/mol. The fourth-order valence-electron chi connectivity index (χ4n) is 4.48. The van der Waals surface area contributed by atoms with E-state index in [2.05, 4.69) is 32.2 Å². The molecule has 144 valence electrons. The van der Waals surface area contributed by atoms with E-state index in [0.717, 1.165) is 24.3 Å². The third-order valence-corrected chi connectivity index (χ3v) is 6.06. The lowest BCUT2D eigenvalue weighted by Gasteiger charge is -2.36. The number of aromatic hydroxyl groups is 1. The summed E-state index contributed by atoms with van der Waals surface area (Å²) in [4.78, 5) is 15.5. The number of phenols is 1. The van der Waals surface area contributed by atoms with Gasteiger partial charge in [-0.15, -0.1) is 0 Å². The molecule has 3 aromatic rings. The van der Waals surface area contributed by atoms with E-state index in [1.807, 2.05) is 29.1 Å². The van der Waals surface area contributed by atoms with Gasteiger partial charge in [0.25, 0.3) is 0 Å². The fourth-order valence-corrected chi connectivity index (χ4v) is 4.48. The Morgan fingerprint density at radius 2 is 1.96 bits per heavy atom. The van der Waals surface area contributed by atoms with Crippen LogP contribution in [0.15, 0.2) is 49.3 Å². The van der Waals surface area contributed by atoms with Crippen LogP contribution < -0.4 is 10.2 Å². The molecule has 0 saturated carbocycles. The van der Waals surface area contributed by atoms with Gasteiger partial charge in [-0.1, -0.05) is 0 Å². The number of imidazole rings is 1. The fraction of sp³-hybridized carbons (Fsp3) is 0.381. The smallest absolute Gasteiger partial charge is 0.147 e. The largest absolute Gasteiger partial charge is 0.507 e. The highest BCUT2D eigenvalue weighted by atomic mass is 16.3. The van der Waals surface area contributed by atoms with Gasteiger partial charge < -0.3 is 19.9 Å². The van der Waals surface area contributed by atoms with Crippen molar-refractivity contribution in [3.63, 3.8) is 0 Å². The van der Waals surface area contributed by atoms with Gasteiger partial charge in [0.2, 0.25) is 0 Å². The van der Waals surface area contributed by atoms with Crippen molar-refractivity contribution in [1.29, 1.82) is 0 Å². The lowest BCUT2D eigenvalue weighted by Crippen LogP contribution is -2.47. The first kappa shape index (κ1) is 17.2. The average Bonchev–Trinajstić information content (AvgIpc) is 3.37. The molecule has 5 rings (SSSR count). The summed E-state index contributed by atoms with van der Waals surface area (Å²) in [5.41, 5.74) is 2.19. The second-order valence-electron chi connectivity index (χ2n) is 7.81. The van der Waals surface area contributed by atoms with E-state index in [0.29, 0.717) is 29.4 Å². The van der Waals surface area contributed by atoms with Gasteiger partial charge in [-0.2, -0.15) is 0 Å². The molecule has 28 heavy (non-hydrogen) atoms. The summed E-state index contributed by atoms with van der Waals surface area (Å²) in [6.45, 7) is 0. The van der Waals surface area contributed by atoms with Gasteiger partial charge in [-0.05, 0) is 37.8 Å². The monoisotopic (exact) mass is 376 g/mol. The van der Waals surface area contributed by atoms with Gasteiger partial charge in [0.1, 0.15) is 11.6 Å². The van der Waals surface area contributed by atoms with Crippen LogP contribution in [0.4, 0.5) is 5.82 Å². The molecule has 2 N–H and O–H groups in total. The molecule has 2 aromatic heterocycles. The van der Waals surface area contributed by atoms with Crippen LogP contribution >= 0.6 is 0 Å². The Kier molecular flexibility index (Phi) is 4.24. The molecule has 0 aliphatic carbocycles. The number of anilines is 1. The molecule has 0 unspecified atom stereocenters. The number of hydrogen-bond donors (Lipinski definition) is 2. The first-order valence-electron chi connectivity index (χ1n) is 9.80. The van der Waals surface area contributed by atoms with E-state index >= 15 is 0 Å². The number of hydrogen-bond acceptors (Lipinski definition) is 6. The summed E-state index contributed by atoms with van der Waals surface area (Å²) in [5, 5.41) is 14.2. The van der Waals surface area contributed by atoms with Crippen molar-refractivity contribution in [2.45, 2.75) is 43.8 Å². The predicted octanol–water partition coefficient (Wildman–Crippen LogP) is 2.75. The normalized spacial score (nSPS) is 23.7. The highest BCUT2D eigenvalue weighted by molar-refractivity contribution is 5.68. The van der Waals surface area contributed by atoms with Crippen molar-refractivity contribution < 1.29 is 5.11 Å². The second-order valence-corrected chi connectivity index (χ2v) is 7.81. The van der Waals surface area contributed by atoms with Crippen molar-refractivity contribution in [2.75, 3.05) is 11.9 Å². The van der Waals surface area contributed by atoms with E-state index in [1.54, 1.807) is 24.8 Å². The van der Waals surface area contributed by atoms with Gasteiger partial charge >= 0.3 is 0 Å².